The van der Waals surface area contributed by atoms with E-state index in [1.165, 1.54) is 4.68 Å². The van der Waals surface area contributed by atoms with Gasteiger partial charge in [-0.15, -0.1) is 0 Å². The van der Waals surface area contributed by atoms with Gasteiger partial charge in [0.1, 0.15) is 5.82 Å². The van der Waals surface area contributed by atoms with Crippen LogP contribution >= 0.6 is 11.5 Å². The van der Waals surface area contributed by atoms with E-state index in [-0.39, 0.29) is 15.8 Å². The van der Waals surface area contributed by atoms with Crippen molar-refractivity contribution in [2.75, 3.05) is 10.5 Å². The first kappa shape index (κ1) is 12.8. The van der Waals surface area contributed by atoms with Crippen LogP contribution < -0.4 is 10.5 Å². The summed E-state index contributed by atoms with van der Waals surface area (Å²) in [4.78, 5) is 3.91. The Labute approximate surface area is 108 Å². The summed E-state index contributed by atoms with van der Waals surface area (Å²) in [5, 5.41) is 4.07. The van der Waals surface area contributed by atoms with Crippen molar-refractivity contribution in [3.63, 3.8) is 0 Å². The molecule has 2 aromatic rings. The second-order valence-corrected chi connectivity index (χ2v) is 6.05. The maximum atomic E-state index is 12.2. The predicted octanol–water partition coefficient (Wildman–Crippen LogP) is 0.271. The minimum Gasteiger partial charge on any atom is -0.381 e. The molecule has 2 heterocycles. The molecule has 18 heavy (non-hydrogen) atoms. The summed E-state index contributed by atoms with van der Waals surface area (Å²) in [6, 6.07) is 0. The minimum atomic E-state index is -3.79. The molecule has 0 aliphatic heterocycles. The van der Waals surface area contributed by atoms with Crippen LogP contribution in [0.5, 0.6) is 0 Å². The quantitative estimate of drug-likeness (QED) is 0.837. The van der Waals surface area contributed by atoms with Crippen molar-refractivity contribution in [3.8, 4) is 0 Å². The average molecular weight is 288 g/mol. The lowest BCUT2D eigenvalue weighted by Crippen LogP contribution is -2.15. The molecule has 98 valence electrons. The van der Waals surface area contributed by atoms with Gasteiger partial charge in [0.2, 0.25) is 5.13 Å². The fraction of sp³-hybridized carbons (Fsp3) is 0.375. The third-order valence-electron chi connectivity index (χ3n) is 2.32. The number of aromatic nitrogens is 4. The van der Waals surface area contributed by atoms with Crippen LogP contribution in [0.3, 0.4) is 0 Å². The van der Waals surface area contributed by atoms with Crippen LogP contribution in [0.2, 0.25) is 0 Å². The van der Waals surface area contributed by atoms with Gasteiger partial charge >= 0.3 is 0 Å². The van der Waals surface area contributed by atoms with Gasteiger partial charge in [0, 0.05) is 18.6 Å². The summed E-state index contributed by atoms with van der Waals surface area (Å²) in [5.41, 5.74) is 6.06. The van der Waals surface area contributed by atoms with Gasteiger partial charge in [-0.2, -0.15) is 9.47 Å². The summed E-state index contributed by atoms with van der Waals surface area (Å²) in [6.45, 7) is 3.31. The van der Waals surface area contributed by atoms with Gasteiger partial charge in [-0.25, -0.2) is 13.4 Å². The molecular weight excluding hydrogens is 276 g/mol. The highest BCUT2D eigenvalue weighted by Gasteiger charge is 2.25. The Morgan fingerprint density at radius 1 is 1.39 bits per heavy atom. The first-order valence-corrected chi connectivity index (χ1v) is 7.19. The number of anilines is 2. The van der Waals surface area contributed by atoms with Crippen molar-refractivity contribution in [3.05, 3.63) is 11.5 Å². The van der Waals surface area contributed by atoms with Gasteiger partial charge in [0.15, 0.2) is 10.7 Å². The van der Waals surface area contributed by atoms with Crippen LogP contribution in [-0.2, 0) is 17.1 Å². The zero-order valence-corrected chi connectivity index (χ0v) is 11.6. The molecule has 0 aliphatic rings. The summed E-state index contributed by atoms with van der Waals surface area (Å²) in [6.07, 6.45) is 0. The zero-order valence-electron chi connectivity index (χ0n) is 10.00. The molecule has 0 radical (unpaired) electrons. The third kappa shape index (κ3) is 2.16. The molecule has 0 aromatic carbocycles. The summed E-state index contributed by atoms with van der Waals surface area (Å²) < 4.78 is 32.0. The second-order valence-electron chi connectivity index (χ2n) is 3.68. The first-order chi connectivity index (χ1) is 8.31. The van der Waals surface area contributed by atoms with Crippen molar-refractivity contribution in [1.29, 1.82) is 0 Å². The smallest absolute Gasteiger partial charge is 0.269 e. The molecule has 0 bridgehead atoms. The molecule has 3 N–H and O–H groups in total. The maximum absolute atomic E-state index is 12.2. The lowest BCUT2D eigenvalue weighted by Gasteiger charge is -2.04. The van der Waals surface area contributed by atoms with Crippen molar-refractivity contribution in [1.82, 2.24) is 19.1 Å². The van der Waals surface area contributed by atoms with Crippen molar-refractivity contribution in [2.45, 2.75) is 18.7 Å². The number of nitrogens with two attached hydrogens (primary N) is 1. The molecule has 0 spiro atoms. The number of nitrogens with one attached hydrogen (secondary N) is 1. The van der Waals surface area contributed by atoms with E-state index >= 15 is 0 Å². The Morgan fingerprint density at radius 2 is 2.06 bits per heavy atom. The standard InChI is InChI=1S/C8H12N6O2S2/c1-4-6(7(9)11-14(4)3)18(15,16)13-8-10-5(2)12-17-8/h1-3H3,(H2,9,11)(H,10,12,13). The summed E-state index contributed by atoms with van der Waals surface area (Å²) >= 11 is 0.970. The minimum absolute atomic E-state index is 0.0298. The molecule has 0 saturated heterocycles. The van der Waals surface area contributed by atoms with E-state index in [0.717, 1.165) is 11.5 Å². The monoisotopic (exact) mass is 288 g/mol. The van der Waals surface area contributed by atoms with Crippen molar-refractivity contribution < 1.29 is 8.42 Å². The van der Waals surface area contributed by atoms with Gasteiger partial charge in [0.25, 0.3) is 10.0 Å². The molecule has 0 fully saturated rings. The largest absolute Gasteiger partial charge is 0.381 e. The van der Waals surface area contributed by atoms with E-state index in [9.17, 15) is 8.42 Å². The summed E-state index contributed by atoms with van der Waals surface area (Å²) in [7, 11) is -2.17. The zero-order chi connectivity index (χ0) is 13.5. The van der Waals surface area contributed by atoms with Crippen LogP contribution in [0, 0.1) is 13.8 Å². The van der Waals surface area contributed by atoms with Gasteiger partial charge in [-0.3, -0.25) is 9.40 Å². The second kappa shape index (κ2) is 4.21. The lowest BCUT2D eigenvalue weighted by atomic mass is 10.5. The number of hydrogen-bond acceptors (Lipinski definition) is 7. The number of nitrogen functional groups attached to an aromatic ring is 1. The highest BCUT2D eigenvalue weighted by molar-refractivity contribution is 7.93. The number of aryl methyl sites for hydroxylation is 2. The van der Waals surface area contributed by atoms with Gasteiger partial charge in [-0.05, 0) is 13.8 Å². The molecule has 2 aromatic heterocycles. The molecule has 0 unspecified atom stereocenters. The van der Waals surface area contributed by atoms with E-state index in [0.29, 0.717) is 11.5 Å². The predicted molar refractivity (Wildman–Crippen MR) is 67.8 cm³/mol. The van der Waals surface area contributed by atoms with E-state index < -0.39 is 10.0 Å². The molecule has 0 aliphatic carbocycles. The van der Waals surface area contributed by atoms with Gasteiger partial charge < -0.3 is 5.73 Å². The Balaban J connectivity index is 2.43. The number of sulfonamides is 1. The molecule has 0 saturated carbocycles. The van der Waals surface area contributed by atoms with E-state index in [1.807, 2.05) is 0 Å². The lowest BCUT2D eigenvalue weighted by molar-refractivity contribution is 0.600. The molecule has 0 atom stereocenters. The average Bonchev–Trinajstić information content (AvgIpc) is 2.72. The van der Waals surface area contributed by atoms with Gasteiger partial charge in [0.05, 0.1) is 5.69 Å². The molecule has 8 nitrogen and oxygen atoms in total. The molecule has 10 heteroatoms. The van der Waals surface area contributed by atoms with Crippen LogP contribution in [0.1, 0.15) is 11.5 Å². The highest BCUT2D eigenvalue weighted by Crippen LogP contribution is 2.24. The Morgan fingerprint density at radius 3 is 2.50 bits per heavy atom. The number of hydrogen-bond donors (Lipinski definition) is 2. The molecule has 2 rings (SSSR count). The Hall–Kier alpha value is -1.68. The van der Waals surface area contributed by atoms with E-state index in [1.54, 1.807) is 20.9 Å². The van der Waals surface area contributed by atoms with Crippen LogP contribution in [0.25, 0.3) is 0 Å². The van der Waals surface area contributed by atoms with Crippen LogP contribution in [0.15, 0.2) is 4.90 Å². The summed E-state index contributed by atoms with van der Waals surface area (Å²) in [5.74, 6) is 0.470. The topological polar surface area (TPSA) is 116 Å². The fourth-order valence-corrected chi connectivity index (χ4v) is 3.58. The fourth-order valence-electron chi connectivity index (χ4n) is 1.45. The SMILES string of the molecule is Cc1nsc(NS(=O)(=O)c2c(N)nn(C)c2C)n1. The van der Waals surface area contributed by atoms with Crippen molar-refractivity contribution >= 4 is 32.5 Å². The normalized spacial score (nSPS) is 11.7. The Kier molecular flexibility index (Phi) is 2.99. The first-order valence-electron chi connectivity index (χ1n) is 4.93. The van der Waals surface area contributed by atoms with Crippen LogP contribution in [0.4, 0.5) is 10.9 Å². The number of rotatable bonds is 3. The van der Waals surface area contributed by atoms with Crippen molar-refractivity contribution in [2.24, 2.45) is 7.05 Å². The van der Waals surface area contributed by atoms with Crippen LogP contribution in [-0.4, -0.2) is 27.6 Å². The molecule has 0 amide bonds. The molecular formula is C8H12N6O2S2. The van der Waals surface area contributed by atoms with Gasteiger partial charge in [-0.1, -0.05) is 0 Å². The Bertz CT molecular complexity index is 687. The number of nitrogens with zero attached hydrogens (tertiary/aromatic N) is 4. The highest BCUT2D eigenvalue weighted by atomic mass is 32.2. The van der Waals surface area contributed by atoms with E-state index in [4.69, 9.17) is 5.73 Å². The third-order valence-corrected chi connectivity index (χ3v) is 4.68. The van der Waals surface area contributed by atoms with E-state index in [2.05, 4.69) is 19.2 Å². The maximum Gasteiger partial charge on any atom is 0.269 e.